The molecule has 8 heteroatoms. The Hall–Kier alpha value is -3.09. The first-order valence-corrected chi connectivity index (χ1v) is 11.5. The number of nitrogens with one attached hydrogen (secondary N) is 1. The number of benzene rings is 2. The molecule has 4 rings (SSSR count). The maximum absolute atomic E-state index is 12.9. The first-order chi connectivity index (χ1) is 15.9. The Balaban J connectivity index is 1.38. The monoisotopic (exact) mass is 482 g/mol. The second-order valence-corrected chi connectivity index (χ2v) is 8.77. The molecule has 1 N–H and O–H groups in total. The number of nitrogens with zero attached hydrogens (tertiary/aromatic N) is 3. The van der Waals surface area contributed by atoms with Crippen molar-refractivity contribution in [3.05, 3.63) is 87.5 Å². The van der Waals surface area contributed by atoms with Gasteiger partial charge in [0.15, 0.2) is 0 Å². The molecule has 170 valence electrons. The van der Waals surface area contributed by atoms with Crippen LogP contribution in [0.25, 0.3) is 0 Å². The molecular weight excluding hydrogens is 459 g/mol. The Morgan fingerprint density at radius 2 is 1.76 bits per heavy atom. The molecule has 6 nitrogen and oxygen atoms in total. The molecule has 2 aromatic carbocycles. The molecule has 0 saturated carbocycles. The lowest BCUT2D eigenvalue weighted by Gasteiger charge is -2.23. The fraction of sp³-hybridized carbons (Fsp3) is 0.240. The minimum Gasteiger partial charge on any atom is -0.355 e. The molecule has 1 fully saturated rings. The summed E-state index contributed by atoms with van der Waals surface area (Å²) in [6.45, 7) is 4.54. The Morgan fingerprint density at radius 3 is 2.48 bits per heavy atom. The van der Waals surface area contributed by atoms with Crippen molar-refractivity contribution in [2.45, 2.75) is 13.3 Å². The van der Waals surface area contributed by atoms with Crippen molar-refractivity contribution in [2.75, 3.05) is 36.4 Å². The summed E-state index contributed by atoms with van der Waals surface area (Å²) in [4.78, 5) is 34.0. The number of hydrogen-bond donors (Lipinski definition) is 1. The molecule has 1 aliphatic rings. The lowest BCUT2D eigenvalue weighted by molar-refractivity contribution is 0.0767. The van der Waals surface area contributed by atoms with E-state index in [4.69, 9.17) is 23.2 Å². The van der Waals surface area contributed by atoms with E-state index in [9.17, 15) is 9.59 Å². The number of aryl methyl sites for hydroxylation is 1. The van der Waals surface area contributed by atoms with Crippen molar-refractivity contribution in [1.29, 1.82) is 0 Å². The van der Waals surface area contributed by atoms with Crippen molar-refractivity contribution in [3.8, 4) is 0 Å². The van der Waals surface area contributed by atoms with E-state index in [1.165, 1.54) is 0 Å². The van der Waals surface area contributed by atoms with Gasteiger partial charge in [0.2, 0.25) is 0 Å². The van der Waals surface area contributed by atoms with Crippen molar-refractivity contribution < 1.29 is 9.59 Å². The number of aromatic nitrogens is 1. The number of halogens is 2. The van der Waals surface area contributed by atoms with Crippen LogP contribution < -0.4 is 10.2 Å². The fourth-order valence-corrected chi connectivity index (χ4v) is 4.35. The van der Waals surface area contributed by atoms with Gasteiger partial charge in [-0.2, -0.15) is 0 Å². The molecule has 0 bridgehead atoms. The summed E-state index contributed by atoms with van der Waals surface area (Å²) in [7, 11) is 0. The van der Waals surface area contributed by atoms with Crippen LogP contribution in [0.3, 0.4) is 0 Å². The number of pyridine rings is 1. The van der Waals surface area contributed by atoms with E-state index in [0.717, 1.165) is 24.3 Å². The normalized spacial score (nSPS) is 14.0. The minimum absolute atomic E-state index is 0.0965. The number of carbonyl (C=O) groups is 2. The summed E-state index contributed by atoms with van der Waals surface area (Å²) in [6.07, 6.45) is 2.47. The van der Waals surface area contributed by atoms with E-state index in [-0.39, 0.29) is 11.8 Å². The highest BCUT2D eigenvalue weighted by atomic mass is 35.5. The minimum atomic E-state index is -0.160. The quantitative estimate of drug-likeness (QED) is 0.547. The lowest BCUT2D eigenvalue weighted by Crippen LogP contribution is -2.35. The van der Waals surface area contributed by atoms with Crippen molar-refractivity contribution in [3.63, 3.8) is 0 Å². The smallest absolute Gasteiger partial charge is 0.255 e. The summed E-state index contributed by atoms with van der Waals surface area (Å²) in [6, 6.07) is 16.1. The van der Waals surface area contributed by atoms with Crippen molar-refractivity contribution >= 4 is 46.5 Å². The van der Waals surface area contributed by atoms with Gasteiger partial charge in [0.05, 0.1) is 22.5 Å². The van der Waals surface area contributed by atoms with Crippen molar-refractivity contribution in [2.24, 2.45) is 0 Å². The van der Waals surface area contributed by atoms with E-state index in [2.05, 4.69) is 15.2 Å². The second kappa shape index (κ2) is 10.2. The predicted octanol–water partition coefficient (Wildman–Crippen LogP) is 5.30. The Labute approximate surface area is 203 Å². The van der Waals surface area contributed by atoms with Crippen LogP contribution in [0.15, 0.2) is 60.8 Å². The van der Waals surface area contributed by atoms with Gasteiger partial charge >= 0.3 is 0 Å². The van der Waals surface area contributed by atoms with Crippen LogP contribution in [-0.4, -0.2) is 47.9 Å². The highest BCUT2D eigenvalue weighted by molar-refractivity contribution is 6.36. The van der Waals surface area contributed by atoms with Gasteiger partial charge in [-0.3, -0.25) is 9.59 Å². The highest BCUT2D eigenvalue weighted by Crippen LogP contribution is 2.24. The first-order valence-electron chi connectivity index (χ1n) is 10.7. The van der Waals surface area contributed by atoms with E-state index < -0.39 is 0 Å². The molecule has 1 aliphatic heterocycles. The summed E-state index contributed by atoms with van der Waals surface area (Å²) < 4.78 is 0. The van der Waals surface area contributed by atoms with E-state index in [1.54, 1.807) is 30.5 Å². The molecule has 2 heterocycles. The number of hydrogen-bond acceptors (Lipinski definition) is 4. The largest absolute Gasteiger partial charge is 0.355 e. The van der Waals surface area contributed by atoms with E-state index >= 15 is 0 Å². The Kier molecular flexibility index (Phi) is 7.16. The predicted molar refractivity (Wildman–Crippen MR) is 133 cm³/mol. The third kappa shape index (κ3) is 5.46. The molecule has 1 aromatic heterocycles. The van der Waals surface area contributed by atoms with Gasteiger partial charge < -0.3 is 15.1 Å². The lowest BCUT2D eigenvalue weighted by atomic mass is 10.1. The van der Waals surface area contributed by atoms with Crippen LogP contribution in [0, 0.1) is 6.92 Å². The number of anilines is 2. The van der Waals surface area contributed by atoms with Crippen LogP contribution >= 0.6 is 23.2 Å². The zero-order valence-electron chi connectivity index (χ0n) is 18.2. The summed E-state index contributed by atoms with van der Waals surface area (Å²) in [5, 5.41) is 3.76. The maximum Gasteiger partial charge on any atom is 0.255 e. The van der Waals surface area contributed by atoms with Crippen LogP contribution in [0.4, 0.5) is 11.5 Å². The summed E-state index contributed by atoms with van der Waals surface area (Å²) >= 11 is 12.2. The van der Waals surface area contributed by atoms with Gasteiger partial charge in [-0.1, -0.05) is 41.4 Å². The molecule has 0 aliphatic carbocycles. The summed E-state index contributed by atoms with van der Waals surface area (Å²) in [5.74, 6) is 0.552. The molecule has 0 radical (unpaired) electrons. The van der Waals surface area contributed by atoms with E-state index in [1.807, 2.05) is 42.2 Å². The third-order valence-corrected chi connectivity index (χ3v) is 6.21. The topological polar surface area (TPSA) is 65.5 Å². The molecule has 0 atom stereocenters. The average molecular weight is 483 g/mol. The average Bonchev–Trinajstić information content (AvgIpc) is 3.06. The molecule has 33 heavy (non-hydrogen) atoms. The van der Waals surface area contributed by atoms with Gasteiger partial charge in [-0.05, 0) is 55.3 Å². The van der Waals surface area contributed by atoms with Gasteiger partial charge in [0.25, 0.3) is 11.8 Å². The maximum atomic E-state index is 12.9. The van der Waals surface area contributed by atoms with Gasteiger partial charge in [0, 0.05) is 36.8 Å². The first kappa shape index (κ1) is 23.1. The van der Waals surface area contributed by atoms with Crippen molar-refractivity contribution in [1.82, 2.24) is 9.88 Å². The summed E-state index contributed by atoms with van der Waals surface area (Å²) in [5.41, 5.74) is 2.65. The molecule has 2 amide bonds. The number of carbonyl (C=O) groups excluding carboxylic acids is 2. The van der Waals surface area contributed by atoms with Gasteiger partial charge in [-0.25, -0.2) is 4.98 Å². The number of rotatable bonds is 4. The zero-order chi connectivity index (χ0) is 23.4. The molecule has 0 spiro atoms. The third-order valence-electron chi connectivity index (χ3n) is 5.66. The van der Waals surface area contributed by atoms with Gasteiger partial charge in [-0.15, -0.1) is 0 Å². The fourth-order valence-electron chi connectivity index (χ4n) is 3.86. The van der Waals surface area contributed by atoms with Gasteiger partial charge in [0.1, 0.15) is 5.82 Å². The second-order valence-electron chi connectivity index (χ2n) is 7.93. The molecular formula is C25H24Cl2N4O2. The zero-order valence-corrected chi connectivity index (χ0v) is 19.7. The highest BCUT2D eigenvalue weighted by Gasteiger charge is 2.22. The molecule has 1 saturated heterocycles. The molecule has 3 aromatic rings. The van der Waals surface area contributed by atoms with Crippen LogP contribution in [0.5, 0.6) is 0 Å². The Morgan fingerprint density at radius 1 is 0.939 bits per heavy atom. The Bertz CT molecular complexity index is 1170. The van der Waals surface area contributed by atoms with Crippen LogP contribution in [-0.2, 0) is 0 Å². The standard InChI is InChI=1S/C25H24Cl2N4O2/c1-17-5-2-3-6-20(17)24(32)29-19-8-10-23(28-16-19)30-11-4-12-31(14-13-30)25(33)21-9-7-18(26)15-22(21)27/h2-3,5-10,15-16H,4,11-14H2,1H3,(H,29,32). The SMILES string of the molecule is Cc1ccccc1C(=O)Nc1ccc(N2CCCN(C(=O)c3ccc(Cl)cc3Cl)CC2)nc1. The molecule has 0 unspecified atom stereocenters. The van der Waals surface area contributed by atoms with Crippen LogP contribution in [0.1, 0.15) is 32.7 Å². The van der Waals surface area contributed by atoms with Crippen LogP contribution in [0.2, 0.25) is 10.0 Å². The van der Waals surface area contributed by atoms with E-state index in [0.29, 0.717) is 46.5 Å². The number of amides is 2.